The molecule has 1 atom stereocenters. The zero-order valence-corrected chi connectivity index (χ0v) is 24.6. The van der Waals surface area contributed by atoms with Gasteiger partial charge in [-0.25, -0.2) is 15.0 Å². The van der Waals surface area contributed by atoms with Gasteiger partial charge >= 0.3 is 0 Å². The maximum atomic E-state index is 13.0. The average Bonchev–Trinajstić information content (AvgIpc) is 3.63. The maximum Gasteiger partial charge on any atom is 0.246 e. The number of fused-ring (bicyclic) bond motifs is 3. The lowest BCUT2D eigenvalue weighted by molar-refractivity contribution is -0.126. The Morgan fingerprint density at radius 2 is 2.12 bits per heavy atom. The molecule has 1 aromatic carbocycles. The van der Waals surface area contributed by atoms with Crippen LogP contribution in [-0.4, -0.2) is 75.7 Å². The quantitative estimate of drug-likeness (QED) is 0.270. The largest absolute Gasteiger partial charge is 0.481 e. The van der Waals surface area contributed by atoms with Gasteiger partial charge in [-0.15, -0.1) is 11.3 Å². The summed E-state index contributed by atoms with van der Waals surface area (Å²) in [7, 11) is 1.58. The van der Waals surface area contributed by atoms with E-state index in [1.807, 2.05) is 42.2 Å². The summed E-state index contributed by atoms with van der Waals surface area (Å²) in [5.74, 6) is 3.05. The molecule has 2 aliphatic rings. The molecule has 0 bridgehead atoms. The fraction of sp³-hybridized carbons (Fsp3) is 0.355. The van der Waals surface area contributed by atoms with Crippen molar-refractivity contribution in [2.75, 3.05) is 45.2 Å². The first-order valence-corrected chi connectivity index (χ1v) is 14.9. The molecule has 5 heterocycles. The number of likely N-dealkylation sites (tertiary alicyclic amines) is 1. The number of pyridine rings is 1. The third kappa shape index (κ3) is 6.08. The lowest BCUT2D eigenvalue weighted by Gasteiger charge is -2.26. The summed E-state index contributed by atoms with van der Waals surface area (Å²) in [6, 6.07) is 9.50. The number of aryl methyl sites for hydroxylation is 1. The number of thiophene rings is 1. The van der Waals surface area contributed by atoms with Gasteiger partial charge in [-0.2, -0.15) is 0 Å². The van der Waals surface area contributed by atoms with E-state index >= 15 is 0 Å². The molecule has 4 aromatic rings. The number of hydrogen-bond acceptors (Lipinski definition) is 10. The molecule has 1 amide bonds. The van der Waals surface area contributed by atoms with E-state index in [9.17, 15) is 9.90 Å². The molecule has 11 heteroatoms. The predicted molar refractivity (Wildman–Crippen MR) is 163 cm³/mol. The van der Waals surface area contributed by atoms with E-state index < -0.39 is 0 Å². The van der Waals surface area contributed by atoms with Gasteiger partial charge in [-0.3, -0.25) is 9.69 Å². The van der Waals surface area contributed by atoms with Crippen molar-refractivity contribution in [3.05, 3.63) is 71.0 Å². The number of ether oxygens (including phenoxy) is 2. The summed E-state index contributed by atoms with van der Waals surface area (Å²) < 4.78 is 11.1. The highest BCUT2D eigenvalue weighted by Gasteiger charge is 2.26. The summed E-state index contributed by atoms with van der Waals surface area (Å²) in [6.45, 7) is 6.04. The van der Waals surface area contributed by atoms with E-state index in [2.05, 4.69) is 25.2 Å². The minimum absolute atomic E-state index is 0.0312. The fourth-order valence-corrected chi connectivity index (χ4v) is 6.70. The Kier molecular flexibility index (Phi) is 8.31. The van der Waals surface area contributed by atoms with Crippen LogP contribution < -0.4 is 14.8 Å². The number of aromatic nitrogens is 3. The molecule has 0 saturated carbocycles. The first-order chi connectivity index (χ1) is 20.5. The molecular formula is C31H34N6O4S. The molecule has 0 aliphatic carbocycles. The molecule has 1 saturated heterocycles. The van der Waals surface area contributed by atoms with Crippen LogP contribution >= 0.6 is 11.3 Å². The van der Waals surface area contributed by atoms with Crippen LogP contribution in [0.3, 0.4) is 0 Å². The number of methoxy groups -OCH3 is 1. The van der Waals surface area contributed by atoms with Gasteiger partial charge in [0.15, 0.2) is 0 Å². The van der Waals surface area contributed by atoms with Crippen molar-refractivity contribution >= 4 is 39.0 Å². The van der Waals surface area contributed by atoms with Gasteiger partial charge in [0.2, 0.25) is 11.8 Å². The Morgan fingerprint density at radius 3 is 2.88 bits per heavy atom. The highest BCUT2D eigenvalue weighted by molar-refractivity contribution is 7.19. The molecule has 1 fully saturated rings. The van der Waals surface area contributed by atoms with Crippen molar-refractivity contribution in [1.82, 2.24) is 24.8 Å². The number of hydrogen-bond donors (Lipinski definition) is 2. The molecule has 6 rings (SSSR count). The molecule has 2 aliphatic heterocycles. The van der Waals surface area contributed by atoms with E-state index in [4.69, 9.17) is 9.47 Å². The van der Waals surface area contributed by atoms with E-state index in [0.717, 1.165) is 70.4 Å². The van der Waals surface area contributed by atoms with Crippen molar-refractivity contribution in [3.63, 3.8) is 0 Å². The number of benzene rings is 1. The molecule has 2 N–H and O–H groups in total. The standard InChI is InChI=1S/C31H34N6O4S/c1-20-14-22(5-7-25(20)41-23-6-8-27(40-2)32-15-23)35-30-29-24-10-13-37(17-26(24)42-31(29)34-19-33-30)28(39)4-3-11-36-12-9-21(16-36)18-38/h3-8,14-15,19,21,38H,9-13,16-18H2,1-2H3,(H,33,34,35)/b4-3+/t21-/m1/s1. The minimum atomic E-state index is 0.0312. The van der Waals surface area contributed by atoms with Crippen LogP contribution in [0, 0.1) is 12.8 Å². The molecule has 0 unspecified atom stereocenters. The van der Waals surface area contributed by atoms with Crippen LogP contribution in [0.1, 0.15) is 22.4 Å². The van der Waals surface area contributed by atoms with Gasteiger partial charge in [-0.1, -0.05) is 6.08 Å². The van der Waals surface area contributed by atoms with Crippen molar-refractivity contribution in [3.8, 4) is 17.4 Å². The number of nitrogens with zero attached hydrogens (tertiary/aromatic N) is 5. The zero-order valence-electron chi connectivity index (χ0n) is 23.7. The Balaban J connectivity index is 1.13. The molecule has 3 aromatic heterocycles. The van der Waals surface area contributed by atoms with Crippen molar-refractivity contribution < 1.29 is 19.4 Å². The van der Waals surface area contributed by atoms with Crippen molar-refractivity contribution in [1.29, 1.82) is 0 Å². The number of carbonyl (C=O) groups excluding carboxylic acids is 1. The van der Waals surface area contributed by atoms with Crippen LogP contribution in [0.4, 0.5) is 11.5 Å². The van der Waals surface area contributed by atoms with Crippen LogP contribution in [0.2, 0.25) is 0 Å². The van der Waals surface area contributed by atoms with Crippen LogP contribution in [0.5, 0.6) is 17.4 Å². The SMILES string of the molecule is COc1ccc(Oc2ccc(Nc3ncnc4sc5c(c34)CCN(C(=O)/C=C/CN3CC[C@@H](CO)C3)C5)cc2C)cn1. The van der Waals surface area contributed by atoms with Gasteiger partial charge < -0.3 is 24.8 Å². The third-order valence-corrected chi connectivity index (χ3v) is 8.91. The number of aliphatic hydroxyl groups is 1. The minimum Gasteiger partial charge on any atom is -0.481 e. The number of rotatable bonds is 9. The third-order valence-electron chi connectivity index (χ3n) is 7.78. The average molecular weight is 587 g/mol. The summed E-state index contributed by atoms with van der Waals surface area (Å²) in [5, 5.41) is 13.9. The lowest BCUT2D eigenvalue weighted by atomic mass is 10.0. The number of carbonyl (C=O) groups is 1. The normalized spacial score (nSPS) is 17.1. The second-order valence-corrected chi connectivity index (χ2v) is 11.7. The zero-order chi connectivity index (χ0) is 29.1. The Bertz CT molecular complexity index is 1610. The lowest BCUT2D eigenvalue weighted by Crippen LogP contribution is -2.34. The highest BCUT2D eigenvalue weighted by atomic mass is 32.1. The second-order valence-electron chi connectivity index (χ2n) is 10.7. The van der Waals surface area contributed by atoms with Crippen LogP contribution in [0.15, 0.2) is 55.0 Å². The van der Waals surface area contributed by atoms with E-state index in [0.29, 0.717) is 30.6 Å². The second kappa shape index (κ2) is 12.4. The Labute approximate surface area is 248 Å². The smallest absolute Gasteiger partial charge is 0.246 e. The van der Waals surface area contributed by atoms with Gasteiger partial charge in [-0.05, 0) is 67.6 Å². The molecule has 42 heavy (non-hydrogen) atoms. The summed E-state index contributed by atoms with van der Waals surface area (Å²) >= 11 is 1.63. The van der Waals surface area contributed by atoms with Crippen LogP contribution in [-0.2, 0) is 17.8 Å². The van der Waals surface area contributed by atoms with E-state index in [1.54, 1.807) is 43.1 Å². The first-order valence-electron chi connectivity index (χ1n) is 14.1. The van der Waals surface area contributed by atoms with E-state index in [1.165, 1.54) is 5.56 Å². The fourth-order valence-electron chi connectivity index (χ4n) is 5.50. The molecule has 0 radical (unpaired) electrons. The summed E-state index contributed by atoms with van der Waals surface area (Å²) in [6.07, 6.45) is 8.62. The highest BCUT2D eigenvalue weighted by Crippen LogP contribution is 2.38. The van der Waals surface area contributed by atoms with Gasteiger partial charge in [0.1, 0.15) is 28.5 Å². The van der Waals surface area contributed by atoms with Crippen LogP contribution in [0.25, 0.3) is 10.2 Å². The maximum absolute atomic E-state index is 13.0. The van der Waals surface area contributed by atoms with Crippen molar-refractivity contribution in [2.24, 2.45) is 5.92 Å². The number of amides is 1. The predicted octanol–water partition coefficient (Wildman–Crippen LogP) is 4.69. The van der Waals surface area contributed by atoms with E-state index in [-0.39, 0.29) is 12.5 Å². The topological polar surface area (TPSA) is 113 Å². The number of anilines is 2. The molecule has 0 spiro atoms. The summed E-state index contributed by atoms with van der Waals surface area (Å²) in [5.41, 5.74) is 3.07. The Hall–Kier alpha value is -4.06. The number of aliphatic hydroxyl groups excluding tert-OH is 1. The Morgan fingerprint density at radius 1 is 1.21 bits per heavy atom. The number of nitrogens with one attached hydrogen (secondary N) is 1. The van der Waals surface area contributed by atoms with Gasteiger partial charge in [0.05, 0.1) is 25.2 Å². The van der Waals surface area contributed by atoms with Crippen molar-refractivity contribution in [2.45, 2.75) is 26.3 Å². The first kappa shape index (κ1) is 28.1. The molecule has 218 valence electrons. The van der Waals surface area contributed by atoms with Gasteiger partial charge in [0, 0.05) is 48.9 Å². The monoisotopic (exact) mass is 586 g/mol. The molecule has 10 nitrogen and oxygen atoms in total. The molecular weight excluding hydrogens is 552 g/mol. The summed E-state index contributed by atoms with van der Waals surface area (Å²) in [4.78, 5) is 32.5. The van der Waals surface area contributed by atoms with Gasteiger partial charge in [0.25, 0.3) is 0 Å².